The molecule has 1 aromatic carbocycles. The number of carbonyl (C=O) groups excluding carboxylic acids is 1. The molecule has 0 saturated carbocycles. The van der Waals surface area contributed by atoms with Crippen LogP contribution in [0.15, 0.2) is 22.7 Å². The van der Waals surface area contributed by atoms with Gasteiger partial charge in [-0.05, 0) is 17.7 Å². The van der Waals surface area contributed by atoms with Crippen molar-refractivity contribution in [1.82, 2.24) is 20.4 Å². The Labute approximate surface area is 156 Å². The van der Waals surface area contributed by atoms with Crippen LogP contribution in [0.5, 0.6) is 11.5 Å². The van der Waals surface area contributed by atoms with Gasteiger partial charge in [-0.25, -0.2) is 0 Å². The van der Waals surface area contributed by atoms with Gasteiger partial charge in [-0.1, -0.05) is 11.2 Å². The summed E-state index contributed by atoms with van der Waals surface area (Å²) in [5, 5.41) is 6.75. The fourth-order valence-corrected chi connectivity index (χ4v) is 3.30. The molecule has 0 aliphatic carbocycles. The lowest BCUT2D eigenvalue weighted by Crippen LogP contribution is -2.44. The van der Waals surface area contributed by atoms with Gasteiger partial charge in [0, 0.05) is 26.6 Å². The molecule has 0 radical (unpaired) electrons. The Kier molecular flexibility index (Phi) is 5.21. The Morgan fingerprint density at radius 1 is 1.26 bits per heavy atom. The summed E-state index contributed by atoms with van der Waals surface area (Å²) in [6.07, 6.45) is 0.0916. The van der Waals surface area contributed by atoms with Crippen molar-refractivity contribution in [1.29, 1.82) is 0 Å². The number of hydrogen-bond acceptors (Lipinski definition) is 8. The Balaban J connectivity index is 1.45. The average Bonchev–Trinajstić information content (AvgIpc) is 3.31. The predicted octanol–water partition coefficient (Wildman–Crippen LogP) is 0.839. The Morgan fingerprint density at radius 3 is 2.85 bits per heavy atom. The molecule has 0 bridgehead atoms. The van der Waals surface area contributed by atoms with Gasteiger partial charge in [0.2, 0.25) is 18.6 Å². The highest BCUT2D eigenvalue weighted by molar-refractivity contribution is 5.77. The maximum absolute atomic E-state index is 12.3. The second-order valence-corrected chi connectivity index (χ2v) is 6.49. The second kappa shape index (κ2) is 7.93. The molecule has 1 fully saturated rings. The van der Waals surface area contributed by atoms with E-state index in [9.17, 15) is 4.79 Å². The molecule has 144 valence electrons. The lowest BCUT2D eigenvalue weighted by Gasteiger charge is -2.35. The molecule has 3 heterocycles. The zero-order chi connectivity index (χ0) is 18.6. The van der Waals surface area contributed by atoms with E-state index in [0.717, 1.165) is 30.2 Å². The monoisotopic (exact) mass is 374 g/mol. The van der Waals surface area contributed by atoms with E-state index < -0.39 is 0 Å². The Hall–Kier alpha value is -2.65. The number of carbonyl (C=O) groups is 1. The summed E-state index contributed by atoms with van der Waals surface area (Å²) >= 11 is 0. The molecule has 2 aromatic rings. The smallest absolute Gasteiger partial charge is 0.231 e. The van der Waals surface area contributed by atoms with E-state index in [1.54, 1.807) is 6.92 Å². The van der Waals surface area contributed by atoms with E-state index in [1.807, 2.05) is 18.2 Å². The van der Waals surface area contributed by atoms with Crippen molar-refractivity contribution in [3.05, 3.63) is 35.5 Å². The van der Waals surface area contributed by atoms with E-state index in [2.05, 4.69) is 20.4 Å². The van der Waals surface area contributed by atoms with Gasteiger partial charge in [0.15, 0.2) is 17.3 Å². The van der Waals surface area contributed by atoms with E-state index >= 15 is 0 Å². The highest BCUT2D eigenvalue weighted by atomic mass is 16.7. The fourth-order valence-electron chi connectivity index (χ4n) is 3.30. The first-order valence-electron chi connectivity index (χ1n) is 8.96. The van der Waals surface area contributed by atoms with Crippen LogP contribution in [0, 0.1) is 6.92 Å². The molecule has 9 heteroatoms. The summed E-state index contributed by atoms with van der Waals surface area (Å²) in [5.41, 5.74) is 1.07. The molecule has 1 saturated heterocycles. The van der Waals surface area contributed by atoms with Crippen molar-refractivity contribution in [3.63, 3.8) is 0 Å². The number of aryl methyl sites for hydroxylation is 1. The van der Waals surface area contributed by atoms with Gasteiger partial charge in [0.05, 0.1) is 25.7 Å². The minimum atomic E-state index is -0.144. The van der Waals surface area contributed by atoms with Gasteiger partial charge in [-0.2, -0.15) is 4.98 Å². The number of amides is 1. The number of nitrogens with zero attached hydrogens (tertiary/aromatic N) is 3. The van der Waals surface area contributed by atoms with Gasteiger partial charge >= 0.3 is 0 Å². The van der Waals surface area contributed by atoms with E-state index in [1.165, 1.54) is 0 Å². The lowest BCUT2D eigenvalue weighted by atomic mass is 10.0. The van der Waals surface area contributed by atoms with Crippen LogP contribution in [-0.2, 0) is 16.0 Å². The van der Waals surface area contributed by atoms with Crippen molar-refractivity contribution >= 4 is 5.91 Å². The van der Waals surface area contributed by atoms with Crippen LogP contribution < -0.4 is 14.8 Å². The number of hydrogen-bond donors (Lipinski definition) is 1. The first kappa shape index (κ1) is 17.7. The van der Waals surface area contributed by atoms with Crippen molar-refractivity contribution in [2.45, 2.75) is 19.4 Å². The lowest BCUT2D eigenvalue weighted by molar-refractivity contribution is -0.120. The molecule has 1 atom stereocenters. The van der Waals surface area contributed by atoms with Crippen LogP contribution in [0.1, 0.15) is 23.3 Å². The van der Waals surface area contributed by atoms with Crippen LogP contribution in [0.25, 0.3) is 0 Å². The van der Waals surface area contributed by atoms with Gasteiger partial charge in [-0.15, -0.1) is 0 Å². The number of ether oxygens (including phenoxy) is 3. The summed E-state index contributed by atoms with van der Waals surface area (Å²) in [6.45, 7) is 5.37. The van der Waals surface area contributed by atoms with E-state index in [4.69, 9.17) is 18.7 Å². The van der Waals surface area contributed by atoms with Crippen molar-refractivity contribution in [3.8, 4) is 11.5 Å². The topological polar surface area (TPSA) is 99.0 Å². The Morgan fingerprint density at radius 2 is 2.07 bits per heavy atom. The maximum Gasteiger partial charge on any atom is 0.231 e. The summed E-state index contributed by atoms with van der Waals surface area (Å²) in [5.74, 6) is 2.17. The molecule has 9 nitrogen and oxygen atoms in total. The number of nitrogens with one attached hydrogen (secondary N) is 1. The van der Waals surface area contributed by atoms with Crippen molar-refractivity contribution in [2.24, 2.45) is 0 Å². The standard InChI is InChI=1S/C18H22N4O5/c1-12-20-17(21-27-12)9-18(23)19-10-14(22-4-6-24-7-5-22)13-2-3-15-16(8-13)26-11-25-15/h2-3,8,14H,4-7,9-11H2,1H3,(H,19,23). The van der Waals surface area contributed by atoms with Crippen molar-refractivity contribution in [2.75, 3.05) is 39.6 Å². The molecular formula is C18H22N4O5. The predicted molar refractivity (Wildman–Crippen MR) is 93.4 cm³/mol. The van der Waals surface area contributed by atoms with Crippen LogP contribution in [0.4, 0.5) is 0 Å². The largest absolute Gasteiger partial charge is 0.454 e. The van der Waals surface area contributed by atoms with Gasteiger partial charge in [0.25, 0.3) is 0 Å². The maximum atomic E-state index is 12.3. The van der Waals surface area contributed by atoms with Crippen LogP contribution in [-0.4, -0.2) is 60.6 Å². The molecular weight excluding hydrogens is 352 g/mol. The second-order valence-electron chi connectivity index (χ2n) is 6.49. The van der Waals surface area contributed by atoms with Gasteiger partial charge < -0.3 is 24.1 Å². The molecule has 1 N–H and O–H groups in total. The third-order valence-corrected chi connectivity index (χ3v) is 4.65. The Bertz CT molecular complexity index is 803. The third kappa shape index (κ3) is 4.20. The minimum absolute atomic E-state index is 0.0133. The molecule has 2 aliphatic rings. The fraction of sp³-hybridized carbons (Fsp3) is 0.500. The number of fused-ring (bicyclic) bond motifs is 1. The zero-order valence-corrected chi connectivity index (χ0v) is 15.1. The van der Waals surface area contributed by atoms with Gasteiger partial charge in [-0.3, -0.25) is 9.69 Å². The SMILES string of the molecule is Cc1nc(CC(=O)NCC(c2ccc3c(c2)OCO3)N2CCOCC2)no1. The third-order valence-electron chi connectivity index (χ3n) is 4.65. The first-order chi connectivity index (χ1) is 13.2. The minimum Gasteiger partial charge on any atom is -0.454 e. The quantitative estimate of drug-likeness (QED) is 0.794. The number of rotatable bonds is 6. The van der Waals surface area contributed by atoms with Gasteiger partial charge in [0.1, 0.15) is 0 Å². The number of morpholine rings is 1. The first-order valence-corrected chi connectivity index (χ1v) is 8.96. The summed E-state index contributed by atoms with van der Waals surface area (Å²) in [7, 11) is 0. The van der Waals surface area contributed by atoms with Crippen LogP contribution >= 0.6 is 0 Å². The molecule has 1 unspecified atom stereocenters. The van der Waals surface area contributed by atoms with Crippen LogP contribution in [0.2, 0.25) is 0 Å². The molecule has 27 heavy (non-hydrogen) atoms. The van der Waals surface area contributed by atoms with E-state index in [0.29, 0.717) is 31.5 Å². The molecule has 1 amide bonds. The van der Waals surface area contributed by atoms with Crippen LogP contribution in [0.3, 0.4) is 0 Å². The molecule has 2 aliphatic heterocycles. The average molecular weight is 374 g/mol. The molecule has 4 rings (SSSR count). The molecule has 1 aromatic heterocycles. The summed E-state index contributed by atoms with van der Waals surface area (Å²) < 4.78 is 21.3. The zero-order valence-electron chi connectivity index (χ0n) is 15.1. The van der Waals surface area contributed by atoms with Crippen molar-refractivity contribution < 1.29 is 23.5 Å². The van der Waals surface area contributed by atoms with E-state index in [-0.39, 0.29) is 25.2 Å². The highest BCUT2D eigenvalue weighted by Crippen LogP contribution is 2.35. The highest BCUT2D eigenvalue weighted by Gasteiger charge is 2.25. The number of aromatic nitrogens is 2. The molecule has 0 spiro atoms. The number of benzene rings is 1. The summed E-state index contributed by atoms with van der Waals surface area (Å²) in [6, 6.07) is 5.92. The normalized spacial score (nSPS) is 17.7. The summed E-state index contributed by atoms with van der Waals surface area (Å²) in [4.78, 5) is 18.7.